The lowest BCUT2D eigenvalue weighted by Gasteiger charge is -2.18. The SMILES string of the molecule is Cc1ccc(C#CCNC(=O)OC(C)(C)C)cc1. The van der Waals surface area contributed by atoms with Crippen molar-refractivity contribution in [2.24, 2.45) is 0 Å². The molecule has 3 nitrogen and oxygen atoms in total. The lowest BCUT2D eigenvalue weighted by Crippen LogP contribution is -2.32. The average Bonchev–Trinajstić information content (AvgIpc) is 2.24. The van der Waals surface area contributed by atoms with E-state index in [-0.39, 0.29) is 6.54 Å². The van der Waals surface area contributed by atoms with Crippen LogP contribution in [0.2, 0.25) is 0 Å². The summed E-state index contributed by atoms with van der Waals surface area (Å²) in [4.78, 5) is 11.3. The van der Waals surface area contributed by atoms with Gasteiger partial charge in [0, 0.05) is 5.56 Å². The molecule has 0 bridgehead atoms. The van der Waals surface area contributed by atoms with Gasteiger partial charge in [-0.2, -0.15) is 0 Å². The maximum absolute atomic E-state index is 11.3. The molecule has 1 aromatic rings. The molecule has 18 heavy (non-hydrogen) atoms. The van der Waals surface area contributed by atoms with E-state index in [9.17, 15) is 4.79 Å². The van der Waals surface area contributed by atoms with Crippen LogP contribution in [0, 0.1) is 18.8 Å². The molecule has 0 saturated carbocycles. The molecule has 0 heterocycles. The summed E-state index contributed by atoms with van der Waals surface area (Å²) in [7, 11) is 0. The number of alkyl carbamates (subject to hydrolysis) is 1. The second kappa shape index (κ2) is 6.11. The molecule has 1 amide bonds. The van der Waals surface area contributed by atoms with Gasteiger partial charge in [-0.3, -0.25) is 0 Å². The van der Waals surface area contributed by atoms with E-state index in [0.29, 0.717) is 0 Å². The minimum atomic E-state index is -0.478. The molecule has 0 fully saturated rings. The summed E-state index contributed by atoms with van der Waals surface area (Å²) in [5, 5.41) is 2.59. The second-order valence-corrected chi connectivity index (χ2v) is 5.02. The van der Waals surface area contributed by atoms with E-state index >= 15 is 0 Å². The zero-order chi connectivity index (χ0) is 13.6. The van der Waals surface area contributed by atoms with Gasteiger partial charge in [0.2, 0.25) is 0 Å². The number of hydrogen-bond donors (Lipinski definition) is 1. The van der Waals surface area contributed by atoms with Crippen molar-refractivity contribution in [2.45, 2.75) is 33.3 Å². The van der Waals surface area contributed by atoms with Crippen molar-refractivity contribution in [3.63, 3.8) is 0 Å². The molecule has 3 heteroatoms. The fraction of sp³-hybridized carbons (Fsp3) is 0.400. The van der Waals surface area contributed by atoms with Crippen LogP contribution in [0.5, 0.6) is 0 Å². The van der Waals surface area contributed by atoms with Crippen molar-refractivity contribution in [1.29, 1.82) is 0 Å². The smallest absolute Gasteiger partial charge is 0.408 e. The zero-order valence-corrected chi connectivity index (χ0v) is 11.3. The Labute approximate surface area is 109 Å². The molecule has 1 aromatic carbocycles. The Balaban J connectivity index is 2.38. The van der Waals surface area contributed by atoms with Crippen molar-refractivity contribution in [1.82, 2.24) is 5.32 Å². The standard InChI is InChI=1S/C15H19NO2/c1-12-7-9-13(10-8-12)6-5-11-16-14(17)18-15(2,3)4/h7-10H,11H2,1-4H3,(H,16,17). The topological polar surface area (TPSA) is 38.3 Å². The zero-order valence-electron chi connectivity index (χ0n) is 11.3. The Morgan fingerprint density at radius 1 is 1.28 bits per heavy atom. The lowest BCUT2D eigenvalue weighted by molar-refractivity contribution is 0.0535. The van der Waals surface area contributed by atoms with Gasteiger partial charge in [-0.1, -0.05) is 29.5 Å². The predicted molar refractivity (Wildman–Crippen MR) is 72.3 cm³/mol. The van der Waals surface area contributed by atoms with E-state index in [4.69, 9.17) is 4.74 Å². The Morgan fingerprint density at radius 2 is 1.89 bits per heavy atom. The molecule has 0 aliphatic heterocycles. The fourth-order valence-corrected chi connectivity index (χ4v) is 1.21. The van der Waals surface area contributed by atoms with Gasteiger partial charge in [-0.15, -0.1) is 0 Å². The third kappa shape index (κ3) is 5.95. The quantitative estimate of drug-likeness (QED) is 0.773. The first-order valence-electron chi connectivity index (χ1n) is 5.89. The highest BCUT2D eigenvalue weighted by molar-refractivity contribution is 5.68. The number of ether oxygens (including phenoxy) is 1. The fourth-order valence-electron chi connectivity index (χ4n) is 1.21. The van der Waals surface area contributed by atoms with Crippen LogP contribution in [-0.4, -0.2) is 18.2 Å². The summed E-state index contributed by atoms with van der Waals surface area (Å²) in [5.74, 6) is 5.85. The van der Waals surface area contributed by atoms with E-state index in [1.165, 1.54) is 5.56 Å². The van der Waals surface area contributed by atoms with Crippen molar-refractivity contribution in [3.8, 4) is 11.8 Å². The Morgan fingerprint density at radius 3 is 2.44 bits per heavy atom. The molecule has 0 atom stereocenters. The monoisotopic (exact) mass is 245 g/mol. The van der Waals surface area contributed by atoms with Gasteiger partial charge in [-0.25, -0.2) is 4.79 Å². The first-order valence-corrected chi connectivity index (χ1v) is 5.89. The molecule has 0 unspecified atom stereocenters. The molecule has 0 saturated heterocycles. The van der Waals surface area contributed by atoms with Crippen LogP contribution in [0.15, 0.2) is 24.3 Å². The van der Waals surface area contributed by atoms with Crippen molar-refractivity contribution >= 4 is 6.09 Å². The molecule has 1 rings (SSSR count). The van der Waals surface area contributed by atoms with Crippen molar-refractivity contribution < 1.29 is 9.53 Å². The summed E-state index contributed by atoms with van der Waals surface area (Å²) in [6.07, 6.45) is -0.444. The van der Waals surface area contributed by atoms with E-state index in [1.54, 1.807) is 0 Å². The predicted octanol–water partition coefficient (Wildman–Crippen LogP) is 2.87. The lowest BCUT2D eigenvalue weighted by atomic mass is 10.2. The van der Waals surface area contributed by atoms with Crippen molar-refractivity contribution in [3.05, 3.63) is 35.4 Å². The molecule has 0 aromatic heterocycles. The van der Waals surface area contributed by atoms with E-state index in [0.717, 1.165) is 5.56 Å². The second-order valence-electron chi connectivity index (χ2n) is 5.02. The van der Waals surface area contributed by atoms with E-state index < -0.39 is 11.7 Å². The minimum Gasteiger partial charge on any atom is -0.444 e. The molecule has 0 aliphatic rings. The van der Waals surface area contributed by atoms with Gasteiger partial charge in [-0.05, 0) is 39.8 Å². The van der Waals surface area contributed by atoms with Crippen LogP contribution in [0.1, 0.15) is 31.9 Å². The van der Waals surface area contributed by atoms with Crippen LogP contribution < -0.4 is 5.32 Å². The molecule has 96 valence electrons. The maximum atomic E-state index is 11.3. The van der Waals surface area contributed by atoms with Gasteiger partial charge in [0.1, 0.15) is 5.60 Å². The normalized spacial score (nSPS) is 10.2. The molecule has 0 radical (unpaired) electrons. The summed E-state index contributed by atoms with van der Waals surface area (Å²) in [6, 6.07) is 7.92. The maximum Gasteiger partial charge on any atom is 0.408 e. The minimum absolute atomic E-state index is 0.281. The Bertz CT molecular complexity index is 458. The van der Waals surface area contributed by atoms with Gasteiger partial charge in [0.25, 0.3) is 0 Å². The van der Waals surface area contributed by atoms with Gasteiger partial charge in [0.05, 0.1) is 6.54 Å². The number of carbonyl (C=O) groups excluding carboxylic acids is 1. The summed E-state index contributed by atoms with van der Waals surface area (Å²) < 4.78 is 5.09. The highest BCUT2D eigenvalue weighted by atomic mass is 16.6. The van der Waals surface area contributed by atoms with Gasteiger partial charge < -0.3 is 10.1 Å². The third-order valence-electron chi connectivity index (χ3n) is 2.00. The molecule has 1 N–H and O–H groups in total. The number of hydrogen-bond acceptors (Lipinski definition) is 2. The number of nitrogens with one attached hydrogen (secondary N) is 1. The summed E-state index contributed by atoms with van der Waals surface area (Å²) in [5.41, 5.74) is 1.66. The van der Waals surface area contributed by atoms with Crippen LogP contribution >= 0.6 is 0 Å². The number of benzene rings is 1. The van der Waals surface area contributed by atoms with Crippen LogP contribution in [-0.2, 0) is 4.74 Å². The van der Waals surface area contributed by atoms with Crippen LogP contribution in [0.25, 0.3) is 0 Å². The van der Waals surface area contributed by atoms with E-state index in [2.05, 4.69) is 17.2 Å². The highest BCUT2D eigenvalue weighted by Gasteiger charge is 2.14. The number of carbonyl (C=O) groups is 1. The van der Waals surface area contributed by atoms with Crippen LogP contribution in [0.3, 0.4) is 0 Å². The first-order chi connectivity index (χ1) is 8.37. The van der Waals surface area contributed by atoms with Gasteiger partial charge in [0.15, 0.2) is 0 Å². The van der Waals surface area contributed by atoms with E-state index in [1.807, 2.05) is 52.0 Å². The molecule has 0 aliphatic carbocycles. The summed E-state index contributed by atoms with van der Waals surface area (Å²) >= 11 is 0. The molecule has 0 spiro atoms. The number of rotatable bonds is 1. The largest absolute Gasteiger partial charge is 0.444 e. The van der Waals surface area contributed by atoms with Crippen molar-refractivity contribution in [2.75, 3.05) is 6.54 Å². The summed E-state index contributed by atoms with van der Waals surface area (Å²) in [6.45, 7) is 7.78. The average molecular weight is 245 g/mol. The number of aryl methyl sites for hydroxylation is 1. The Kier molecular flexibility index (Phi) is 4.79. The van der Waals surface area contributed by atoms with Gasteiger partial charge >= 0.3 is 6.09 Å². The number of amides is 1. The first kappa shape index (κ1) is 14.1. The molecular formula is C15H19NO2. The third-order valence-corrected chi connectivity index (χ3v) is 2.00. The highest BCUT2D eigenvalue weighted by Crippen LogP contribution is 2.06. The van der Waals surface area contributed by atoms with Crippen LogP contribution in [0.4, 0.5) is 4.79 Å². The molecular weight excluding hydrogens is 226 g/mol. The Hall–Kier alpha value is -1.95.